The fraction of sp³-hybridized carbons (Fsp3) is 0.429. The lowest BCUT2D eigenvalue weighted by Crippen LogP contribution is -2.30. The third kappa shape index (κ3) is 3.18. The van der Waals surface area contributed by atoms with Crippen LogP contribution in [0.2, 0.25) is 0 Å². The zero-order valence-electron chi connectivity index (χ0n) is 11.9. The van der Waals surface area contributed by atoms with Crippen molar-refractivity contribution in [3.05, 3.63) is 17.7 Å². The Kier molecular flexibility index (Phi) is 4.52. The highest BCUT2D eigenvalue weighted by Gasteiger charge is 2.30. The number of aryl methyl sites for hydroxylation is 1. The van der Waals surface area contributed by atoms with Gasteiger partial charge in [-0.15, -0.1) is 0 Å². The standard InChI is InChI=1S/C14H17NO6/c1-19-10-6-9(7-11(20-2)13(10)17)4-3-5-15-12(16)8-21-14(15)18/h6-7,17H,3-5,8H2,1-2H3. The summed E-state index contributed by atoms with van der Waals surface area (Å²) in [5, 5.41) is 9.82. The van der Waals surface area contributed by atoms with Gasteiger partial charge in [-0.1, -0.05) is 0 Å². The third-order valence-corrected chi connectivity index (χ3v) is 3.23. The van der Waals surface area contributed by atoms with Crippen molar-refractivity contribution in [2.24, 2.45) is 0 Å². The molecule has 2 rings (SSSR count). The Hall–Kier alpha value is -2.44. The molecule has 1 aromatic carbocycles. The van der Waals surface area contributed by atoms with Gasteiger partial charge in [-0.25, -0.2) is 9.69 Å². The predicted octanol–water partition coefficient (Wildman–Crippen LogP) is 1.32. The number of amides is 2. The number of carbonyl (C=O) groups excluding carboxylic acids is 2. The third-order valence-electron chi connectivity index (χ3n) is 3.23. The minimum absolute atomic E-state index is 0.0537. The van der Waals surface area contributed by atoms with Gasteiger partial charge < -0.3 is 19.3 Å². The molecule has 1 aliphatic heterocycles. The van der Waals surface area contributed by atoms with Crippen molar-refractivity contribution >= 4 is 12.0 Å². The Morgan fingerprint density at radius 1 is 1.24 bits per heavy atom. The van der Waals surface area contributed by atoms with E-state index in [1.807, 2.05) is 0 Å². The van der Waals surface area contributed by atoms with Crippen molar-refractivity contribution in [2.75, 3.05) is 27.4 Å². The number of phenols is 1. The molecule has 0 aliphatic carbocycles. The largest absolute Gasteiger partial charge is 0.502 e. The number of ether oxygens (including phenoxy) is 3. The van der Waals surface area contributed by atoms with Crippen LogP contribution < -0.4 is 9.47 Å². The molecule has 0 radical (unpaired) electrons. The van der Waals surface area contributed by atoms with E-state index < -0.39 is 6.09 Å². The molecule has 1 N–H and O–H groups in total. The molecular formula is C14H17NO6. The SMILES string of the molecule is COc1cc(CCCN2C(=O)COC2=O)cc(OC)c1O. The number of hydrogen-bond acceptors (Lipinski definition) is 6. The summed E-state index contributed by atoms with van der Waals surface area (Å²) < 4.78 is 14.8. The normalized spacial score (nSPS) is 14.3. The Bertz CT molecular complexity index is 515. The van der Waals surface area contributed by atoms with E-state index in [1.165, 1.54) is 14.2 Å². The second kappa shape index (κ2) is 6.34. The number of methoxy groups -OCH3 is 2. The maximum Gasteiger partial charge on any atom is 0.417 e. The van der Waals surface area contributed by atoms with Crippen LogP contribution in [0.25, 0.3) is 0 Å². The van der Waals surface area contributed by atoms with E-state index in [1.54, 1.807) is 12.1 Å². The molecule has 0 saturated carbocycles. The van der Waals surface area contributed by atoms with E-state index in [2.05, 4.69) is 4.74 Å². The van der Waals surface area contributed by atoms with Crippen LogP contribution in [-0.2, 0) is 16.0 Å². The summed E-state index contributed by atoms with van der Waals surface area (Å²) in [6.07, 6.45) is 0.586. The van der Waals surface area contributed by atoms with E-state index in [-0.39, 0.29) is 18.3 Å². The molecule has 0 aromatic heterocycles. The molecule has 114 valence electrons. The lowest BCUT2D eigenvalue weighted by Gasteiger charge is -2.13. The molecular weight excluding hydrogens is 278 g/mol. The van der Waals surface area contributed by atoms with Gasteiger partial charge in [0, 0.05) is 6.54 Å². The Morgan fingerprint density at radius 2 is 1.86 bits per heavy atom. The molecule has 1 fully saturated rings. The average molecular weight is 295 g/mol. The van der Waals surface area contributed by atoms with Crippen molar-refractivity contribution in [1.29, 1.82) is 0 Å². The molecule has 0 atom stereocenters. The van der Waals surface area contributed by atoms with Crippen LogP contribution in [0, 0.1) is 0 Å². The van der Waals surface area contributed by atoms with Crippen molar-refractivity contribution in [3.63, 3.8) is 0 Å². The zero-order valence-corrected chi connectivity index (χ0v) is 11.9. The number of carbonyl (C=O) groups is 2. The van der Waals surface area contributed by atoms with Gasteiger partial charge >= 0.3 is 6.09 Å². The van der Waals surface area contributed by atoms with E-state index in [0.717, 1.165) is 10.5 Å². The minimum atomic E-state index is -0.596. The van der Waals surface area contributed by atoms with E-state index in [0.29, 0.717) is 30.9 Å². The molecule has 7 heteroatoms. The van der Waals surface area contributed by atoms with Gasteiger partial charge in [0.1, 0.15) is 0 Å². The first-order valence-electron chi connectivity index (χ1n) is 6.47. The topological polar surface area (TPSA) is 85.3 Å². The van der Waals surface area contributed by atoms with Crippen molar-refractivity contribution in [2.45, 2.75) is 12.8 Å². The molecule has 1 aliphatic rings. The van der Waals surface area contributed by atoms with Crippen LogP contribution in [0.15, 0.2) is 12.1 Å². The number of aromatic hydroxyl groups is 1. The van der Waals surface area contributed by atoms with Gasteiger partial charge in [0.25, 0.3) is 5.91 Å². The number of rotatable bonds is 6. The number of cyclic esters (lactones) is 1. The highest BCUT2D eigenvalue weighted by atomic mass is 16.6. The molecule has 1 saturated heterocycles. The Morgan fingerprint density at radius 3 is 2.33 bits per heavy atom. The summed E-state index contributed by atoms with van der Waals surface area (Å²) in [6.45, 7) is 0.114. The lowest BCUT2D eigenvalue weighted by molar-refractivity contribution is -0.125. The smallest absolute Gasteiger partial charge is 0.417 e. The fourth-order valence-electron chi connectivity index (χ4n) is 2.13. The van der Waals surface area contributed by atoms with Crippen molar-refractivity contribution < 1.29 is 28.9 Å². The fourth-order valence-corrected chi connectivity index (χ4v) is 2.13. The average Bonchev–Trinajstić information content (AvgIpc) is 2.80. The minimum Gasteiger partial charge on any atom is -0.502 e. The number of benzene rings is 1. The van der Waals surface area contributed by atoms with Gasteiger partial charge in [0.15, 0.2) is 18.1 Å². The maximum atomic E-state index is 11.4. The molecule has 0 bridgehead atoms. The first-order chi connectivity index (χ1) is 10.1. The summed E-state index contributed by atoms with van der Waals surface area (Å²) >= 11 is 0. The summed E-state index contributed by atoms with van der Waals surface area (Å²) in [7, 11) is 2.91. The number of imide groups is 1. The predicted molar refractivity (Wildman–Crippen MR) is 72.6 cm³/mol. The monoisotopic (exact) mass is 295 g/mol. The Labute approximate surface area is 122 Å². The Balaban J connectivity index is 2.00. The molecule has 0 unspecified atom stereocenters. The molecule has 21 heavy (non-hydrogen) atoms. The van der Waals surface area contributed by atoms with Crippen LogP contribution in [0.5, 0.6) is 17.2 Å². The maximum absolute atomic E-state index is 11.4. The quantitative estimate of drug-likeness (QED) is 0.852. The van der Waals surface area contributed by atoms with Gasteiger partial charge in [-0.05, 0) is 30.5 Å². The highest BCUT2D eigenvalue weighted by Crippen LogP contribution is 2.37. The number of phenolic OH excluding ortho intramolecular Hbond substituents is 1. The zero-order chi connectivity index (χ0) is 15.4. The molecule has 1 heterocycles. The van der Waals surface area contributed by atoms with Gasteiger partial charge in [0.05, 0.1) is 14.2 Å². The van der Waals surface area contributed by atoms with E-state index in [9.17, 15) is 14.7 Å². The van der Waals surface area contributed by atoms with Crippen molar-refractivity contribution in [3.8, 4) is 17.2 Å². The first-order valence-corrected chi connectivity index (χ1v) is 6.47. The van der Waals surface area contributed by atoms with Crippen LogP contribution in [0.1, 0.15) is 12.0 Å². The van der Waals surface area contributed by atoms with E-state index in [4.69, 9.17) is 9.47 Å². The first kappa shape index (κ1) is 15.0. The summed E-state index contributed by atoms with van der Waals surface area (Å²) in [5.74, 6) is 0.268. The molecule has 7 nitrogen and oxygen atoms in total. The molecule has 1 aromatic rings. The van der Waals surface area contributed by atoms with Crippen LogP contribution >= 0.6 is 0 Å². The van der Waals surface area contributed by atoms with E-state index >= 15 is 0 Å². The van der Waals surface area contributed by atoms with Crippen LogP contribution in [0.3, 0.4) is 0 Å². The van der Waals surface area contributed by atoms with Crippen molar-refractivity contribution in [1.82, 2.24) is 4.90 Å². The highest BCUT2D eigenvalue weighted by molar-refractivity contribution is 5.97. The lowest BCUT2D eigenvalue weighted by atomic mass is 10.1. The van der Waals surface area contributed by atoms with Gasteiger partial charge in [-0.2, -0.15) is 0 Å². The molecule has 2 amide bonds. The second-order valence-corrected chi connectivity index (χ2v) is 4.55. The van der Waals surface area contributed by atoms with Gasteiger partial charge in [-0.3, -0.25) is 4.79 Å². The summed E-state index contributed by atoms with van der Waals surface area (Å²) in [4.78, 5) is 23.8. The second-order valence-electron chi connectivity index (χ2n) is 4.55. The summed E-state index contributed by atoms with van der Waals surface area (Å²) in [6, 6.07) is 3.39. The number of hydrogen-bond donors (Lipinski definition) is 1. The van der Waals surface area contributed by atoms with Gasteiger partial charge in [0.2, 0.25) is 5.75 Å². The number of nitrogens with zero attached hydrogens (tertiary/aromatic N) is 1. The summed E-state index contributed by atoms with van der Waals surface area (Å²) in [5.41, 5.74) is 0.876. The van der Waals surface area contributed by atoms with Crippen LogP contribution in [0.4, 0.5) is 4.79 Å². The van der Waals surface area contributed by atoms with Crippen LogP contribution in [-0.4, -0.2) is 49.4 Å². The molecule has 0 spiro atoms.